The summed E-state index contributed by atoms with van der Waals surface area (Å²) >= 11 is 6.21. The molecule has 242 valence electrons. The van der Waals surface area contributed by atoms with Gasteiger partial charge in [0.05, 0.1) is 11.4 Å². The number of hydrogen-bond donors (Lipinski definition) is 3. The third-order valence-corrected chi connectivity index (χ3v) is 9.25. The van der Waals surface area contributed by atoms with Crippen molar-refractivity contribution in [3.8, 4) is 22.7 Å². The predicted molar refractivity (Wildman–Crippen MR) is 167 cm³/mol. The molecule has 2 atom stereocenters. The van der Waals surface area contributed by atoms with Crippen LogP contribution in [0.2, 0.25) is 5.02 Å². The van der Waals surface area contributed by atoms with Gasteiger partial charge in [0.2, 0.25) is 17.9 Å². The minimum Gasteiger partial charge on any atom is -0.480 e. The van der Waals surface area contributed by atoms with E-state index in [1.807, 2.05) is 24.0 Å². The highest BCUT2D eigenvalue weighted by Gasteiger charge is 2.46. The number of carbonyl (C=O) groups is 1. The predicted octanol–water partition coefficient (Wildman–Crippen LogP) is 5.90. The maximum absolute atomic E-state index is 14.8. The molecule has 2 fully saturated rings. The maximum atomic E-state index is 14.8. The van der Waals surface area contributed by atoms with Gasteiger partial charge in [-0.2, -0.15) is 28.2 Å². The molecule has 0 radical (unpaired) electrons. The molecule has 2 aromatic heterocycles. The van der Waals surface area contributed by atoms with Crippen LogP contribution in [0.15, 0.2) is 54.7 Å². The van der Waals surface area contributed by atoms with Gasteiger partial charge < -0.3 is 25.8 Å². The van der Waals surface area contributed by atoms with Crippen molar-refractivity contribution >= 4 is 29.3 Å². The van der Waals surface area contributed by atoms with Crippen molar-refractivity contribution in [3.63, 3.8) is 0 Å². The van der Waals surface area contributed by atoms with Gasteiger partial charge in [-0.15, -0.1) is 0 Å². The Labute approximate surface area is 268 Å². The number of anilines is 2. The fourth-order valence-corrected chi connectivity index (χ4v) is 6.40. The number of piperidine rings is 1. The smallest absolute Gasteiger partial charge is 0.429 e. The molecule has 46 heavy (non-hydrogen) atoms. The standard InChI is InChI=1S/C32H33ClF3N7O3/c1-18-13-20(4-6-23(18)33)21-3-5-22(25(14-21)43-10-7-19(2)41-43)28(32(34,35)36)46-27-15-26(39-30(37)40-27)42-11-8-31(9-12-42)16-24(29(44)45)38-17-31/h3-7,10,13-15,24,28,38H,8-9,11-12,16-17H2,1-2H3,(H,44,45)(H2,37,39,40)/t24-,28+/m0/s1. The van der Waals surface area contributed by atoms with Crippen molar-refractivity contribution in [2.24, 2.45) is 5.41 Å². The Morgan fingerprint density at radius 3 is 2.46 bits per heavy atom. The van der Waals surface area contributed by atoms with E-state index in [4.69, 9.17) is 22.1 Å². The molecule has 14 heteroatoms. The SMILES string of the molecule is Cc1ccn(-c2cc(-c3ccc(Cl)c(C)c3)ccc2[C@@H](Oc2cc(N3CCC4(CC3)CN[C@H](C(=O)O)C4)nc(N)n2)C(F)(F)F)n1. The number of aliphatic carboxylic acids is 1. The van der Waals surface area contributed by atoms with E-state index in [0.29, 0.717) is 61.0 Å². The van der Waals surface area contributed by atoms with Crippen molar-refractivity contribution in [2.75, 3.05) is 30.3 Å². The lowest BCUT2D eigenvalue weighted by Crippen LogP contribution is -2.41. The van der Waals surface area contributed by atoms with Crippen LogP contribution in [-0.2, 0) is 4.79 Å². The molecule has 2 saturated heterocycles. The Hall–Kier alpha value is -4.36. The minimum atomic E-state index is -4.83. The highest BCUT2D eigenvalue weighted by atomic mass is 35.5. The molecule has 0 unspecified atom stereocenters. The molecular formula is C32H33ClF3N7O3. The van der Waals surface area contributed by atoms with Gasteiger partial charge >= 0.3 is 12.1 Å². The Balaban J connectivity index is 1.31. The maximum Gasteiger partial charge on any atom is 0.429 e. The van der Waals surface area contributed by atoms with E-state index in [1.54, 1.807) is 37.4 Å². The number of nitrogens with one attached hydrogen (secondary N) is 1. The Kier molecular flexibility index (Phi) is 8.32. The number of halogens is 4. The number of aromatic nitrogens is 4. The Morgan fingerprint density at radius 1 is 1.11 bits per heavy atom. The van der Waals surface area contributed by atoms with Crippen LogP contribution in [0.3, 0.4) is 0 Å². The van der Waals surface area contributed by atoms with E-state index in [0.717, 1.165) is 11.1 Å². The normalized spacial score (nSPS) is 18.6. The molecule has 1 spiro atoms. The zero-order valence-corrected chi connectivity index (χ0v) is 25.9. The largest absolute Gasteiger partial charge is 0.480 e. The summed E-state index contributed by atoms with van der Waals surface area (Å²) in [6.07, 6.45) is -3.72. The van der Waals surface area contributed by atoms with Gasteiger partial charge in [0, 0.05) is 42.5 Å². The molecule has 0 amide bonds. The van der Waals surface area contributed by atoms with Crippen LogP contribution in [0.4, 0.5) is 24.9 Å². The minimum absolute atomic E-state index is 0.156. The van der Waals surface area contributed by atoms with Gasteiger partial charge in [0.25, 0.3) is 0 Å². The second-order valence-corrected chi connectivity index (χ2v) is 12.5. The third-order valence-electron chi connectivity index (χ3n) is 8.82. The summed E-state index contributed by atoms with van der Waals surface area (Å²) in [5.74, 6) is -1.07. The second-order valence-electron chi connectivity index (χ2n) is 12.1. The lowest BCUT2D eigenvalue weighted by Gasteiger charge is -2.39. The van der Waals surface area contributed by atoms with Crippen molar-refractivity contribution < 1.29 is 27.8 Å². The van der Waals surface area contributed by atoms with Gasteiger partial charge in [-0.25, -0.2) is 4.68 Å². The second kappa shape index (κ2) is 12.1. The number of benzene rings is 2. The molecule has 10 nitrogen and oxygen atoms in total. The summed E-state index contributed by atoms with van der Waals surface area (Å²) in [6, 6.07) is 12.5. The summed E-state index contributed by atoms with van der Waals surface area (Å²) in [5, 5.41) is 17.4. The fourth-order valence-electron chi connectivity index (χ4n) is 6.28. The highest BCUT2D eigenvalue weighted by molar-refractivity contribution is 6.31. The van der Waals surface area contributed by atoms with Crippen LogP contribution in [0, 0.1) is 19.3 Å². The van der Waals surface area contributed by atoms with Crippen molar-refractivity contribution in [1.29, 1.82) is 0 Å². The molecule has 2 aliphatic rings. The molecule has 2 aliphatic heterocycles. The number of alkyl halides is 3. The molecule has 0 aliphatic carbocycles. The van der Waals surface area contributed by atoms with Gasteiger partial charge in [0.15, 0.2) is 0 Å². The van der Waals surface area contributed by atoms with E-state index < -0.39 is 24.3 Å². The molecule has 4 heterocycles. The summed E-state index contributed by atoms with van der Waals surface area (Å²) < 4.78 is 51.5. The first-order chi connectivity index (χ1) is 21.8. The molecule has 6 rings (SSSR count). The van der Waals surface area contributed by atoms with E-state index in [2.05, 4.69) is 20.4 Å². The number of nitrogen functional groups attached to an aromatic ring is 1. The first-order valence-corrected chi connectivity index (χ1v) is 15.2. The van der Waals surface area contributed by atoms with Crippen LogP contribution >= 0.6 is 11.6 Å². The molecular weight excluding hydrogens is 623 g/mol. The average molecular weight is 656 g/mol. The number of aryl methyl sites for hydroxylation is 2. The number of nitrogens with two attached hydrogens (primary N) is 1. The number of carboxylic acid groups (broad SMARTS) is 1. The van der Waals surface area contributed by atoms with Gasteiger partial charge in [-0.1, -0.05) is 29.8 Å². The van der Waals surface area contributed by atoms with Crippen LogP contribution in [0.5, 0.6) is 5.88 Å². The van der Waals surface area contributed by atoms with E-state index in [9.17, 15) is 23.1 Å². The molecule has 0 saturated carbocycles. The molecule has 0 bridgehead atoms. The highest BCUT2D eigenvalue weighted by Crippen LogP contribution is 2.43. The first-order valence-electron chi connectivity index (χ1n) is 14.8. The summed E-state index contributed by atoms with van der Waals surface area (Å²) in [7, 11) is 0. The summed E-state index contributed by atoms with van der Waals surface area (Å²) in [4.78, 5) is 21.6. The molecule has 4 N–H and O–H groups in total. The van der Waals surface area contributed by atoms with E-state index in [1.165, 1.54) is 16.8 Å². The summed E-state index contributed by atoms with van der Waals surface area (Å²) in [5.41, 5.74) is 8.78. The fraction of sp³-hybridized carbons (Fsp3) is 0.375. The monoisotopic (exact) mass is 655 g/mol. The van der Waals surface area contributed by atoms with Crippen molar-refractivity contribution in [2.45, 2.75) is 51.4 Å². The quantitative estimate of drug-likeness (QED) is 0.223. The van der Waals surface area contributed by atoms with Gasteiger partial charge in [-0.05, 0) is 79.5 Å². The van der Waals surface area contributed by atoms with E-state index in [-0.39, 0.29) is 28.5 Å². The Morgan fingerprint density at radius 2 is 1.83 bits per heavy atom. The average Bonchev–Trinajstić information content (AvgIpc) is 3.63. The van der Waals surface area contributed by atoms with Crippen LogP contribution in [-0.4, -0.2) is 62.7 Å². The molecule has 4 aromatic rings. The number of nitrogens with zero attached hydrogens (tertiary/aromatic N) is 5. The lowest BCUT2D eigenvalue weighted by atomic mass is 9.76. The van der Waals surface area contributed by atoms with Crippen molar-refractivity contribution in [3.05, 3.63) is 76.6 Å². The van der Waals surface area contributed by atoms with Crippen LogP contribution in [0.25, 0.3) is 16.8 Å². The zero-order chi connectivity index (χ0) is 32.8. The van der Waals surface area contributed by atoms with Crippen LogP contribution in [0.1, 0.15) is 42.2 Å². The number of hydrogen-bond acceptors (Lipinski definition) is 8. The van der Waals surface area contributed by atoms with Crippen molar-refractivity contribution in [1.82, 2.24) is 25.1 Å². The zero-order valence-electron chi connectivity index (χ0n) is 25.2. The van der Waals surface area contributed by atoms with E-state index >= 15 is 0 Å². The van der Waals surface area contributed by atoms with Gasteiger partial charge in [-0.3, -0.25) is 4.79 Å². The topological polar surface area (TPSA) is 131 Å². The number of carboxylic acids is 1. The summed E-state index contributed by atoms with van der Waals surface area (Å²) in [6.45, 7) is 5.26. The Bertz CT molecular complexity index is 1770. The number of rotatable bonds is 7. The molecule has 2 aromatic carbocycles. The van der Waals surface area contributed by atoms with Crippen LogP contribution < -0.4 is 20.7 Å². The van der Waals surface area contributed by atoms with Gasteiger partial charge in [0.1, 0.15) is 11.9 Å². The first kappa shape index (κ1) is 31.6. The lowest BCUT2D eigenvalue weighted by molar-refractivity contribution is -0.198. The third kappa shape index (κ3) is 6.47. The number of ether oxygens (including phenoxy) is 1.